The van der Waals surface area contributed by atoms with Gasteiger partial charge in [-0.15, -0.1) is 0 Å². The van der Waals surface area contributed by atoms with Crippen LogP contribution in [0.1, 0.15) is 82.4 Å². The van der Waals surface area contributed by atoms with Crippen LogP contribution >= 0.6 is 0 Å². The van der Waals surface area contributed by atoms with Crippen LogP contribution in [0.2, 0.25) is 0 Å². The number of carbonyl (C=O) groups is 6. The molecule has 5 heterocycles. The van der Waals surface area contributed by atoms with Gasteiger partial charge in [0.2, 0.25) is 17.8 Å². The molecule has 3 N–H and O–H groups in total. The highest BCUT2D eigenvalue weighted by molar-refractivity contribution is 6.23. The molecule has 3 fully saturated rings. The first kappa shape index (κ1) is 41.4. The molecular weight excluding hydrogens is 803 g/mol. The number of likely N-dealkylation sites (tertiary alicyclic amines) is 1. The fourth-order valence-electron chi connectivity index (χ4n) is 8.61. The van der Waals surface area contributed by atoms with E-state index in [9.17, 15) is 28.8 Å². The van der Waals surface area contributed by atoms with Crippen molar-refractivity contribution in [2.75, 3.05) is 62.1 Å². The number of alkyl halides is 2. The molecule has 1 aliphatic carbocycles. The van der Waals surface area contributed by atoms with Gasteiger partial charge in [-0.3, -0.25) is 43.9 Å². The third-order valence-corrected chi connectivity index (χ3v) is 11.9. The molecule has 1 saturated carbocycles. The van der Waals surface area contributed by atoms with Crippen molar-refractivity contribution in [2.45, 2.75) is 75.4 Å². The number of halogens is 3. The van der Waals surface area contributed by atoms with Crippen molar-refractivity contribution in [2.24, 2.45) is 0 Å². The third kappa shape index (κ3) is 8.15. The van der Waals surface area contributed by atoms with Gasteiger partial charge in [-0.2, -0.15) is 13.8 Å². The van der Waals surface area contributed by atoms with Crippen LogP contribution in [0.5, 0.6) is 11.5 Å². The number of amides is 6. The molecule has 1 unspecified atom stereocenters. The van der Waals surface area contributed by atoms with Gasteiger partial charge in [0.1, 0.15) is 35.7 Å². The lowest BCUT2D eigenvalue weighted by Gasteiger charge is -2.32. The number of hydrogen-bond donors (Lipinski definition) is 3. The Balaban J connectivity index is 0.850. The van der Waals surface area contributed by atoms with Crippen LogP contribution in [0.15, 0.2) is 36.5 Å². The number of ether oxygens (including phenoxy) is 2. The molecule has 4 aliphatic heterocycles. The number of hydrogen-bond acceptors (Lipinski definition) is 13. The minimum atomic E-state index is -3.64. The molecular formula is C41H44F3N9O8. The SMILES string of the molecule is COc1cc(C(=O)NC2CCN(CCOc3ccc4c(c3)C(=O)N(C3CCC(=O)NC3=O)C4=O)CC2)c(F)cc1Nc1ncc2c(n1)N(C1CCCC1)CC(F)(F)C(=O)N2C. The number of imide groups is 2. The van der Waals surface area contributed by atoms with Crippen LogP contribution in [-0.4, -0.2) is 126 Å². The van der Waals surface area contributed by atoms with Gasteiger partial charge in [0.15, 0.2) is 5.82 Å². The van der Waals surface area contributed by atoms with E-state index in [1.165, 1.54) is 43.5 Å². The minimum Gasteiger partial charge on any atom is -0.495 e. The van der Waals surface area contributed by atoms with E-state index in [1.807, 2.05) is 0 Å². The van der Waals surface area contributed by atoms with Gasteiger partial charge >= 0.3 is 5.92 Å². The largest absolute Gasteiger partial charge is 0.495 e. The summed E-state index contributed by atoms with van der Waals surface area (Å²) in [6.07, 6.45) is 5.58. The molecule has 0 radical (unpaired) electrons. The number of anilines is 4. The lowest BCUT2D eigenvalue weighted by Crippen LogP contribution is -2.54. The molecule has 6 amide bonds. The highest BCUT2D eigenvalue weighted by Gasteiger charge is 2.49. The standard InChI is InChI=1S/C41H44F3N9O8/c1-50-31-20-45-40(49-34(31)52(23-5-3-4-6-23)21-41(43,44)39(50)59)47-29-19-28(42)27(18-32(29)60-2)35(55)46-22-11-13-51(14-12-22)15-16-61-24-7-8-25-26(17-24)38(58)53(37(25)57)30-9-10-33(54)48-36(30)56/h7-8,17-20,22-23,30H,3-6,9-16,21H2,1-2H3,(H,46,55)(H,45,47,49)(H,48,54,56). The maximum atomic E-state index is 15.6. The second-order valence-electron chi connectivity index (χ2n) is 15.8. The van der Waals surface area contributed by atoms with Crippen LogP contribution in [0.25, 0.3) is 0 Å². The number of rotatable bonds is 11. The van der Waals surface area contributed by atoms with Gasteiger partial charge in [-0.05, 0) is 56.4 Å². The Kier molecular flexibility index (Phi) is 11.3. The van der Waals surface area contributed by atoms with E-state index >= 15 is 13.2 Å². The average Bonchev–Trinajstić information content (AvgIpc) is 3.85. The van der Waals surface area contributed by atoms with Crippen molar-refractivity contribution in [1.29, 1.82) is 0 Å². The first-order valence-electron chi connectivity index (χ1n) is 20.2. The van der Waals surface area contributed by atoms with Crippen molar-refractivity contribution in [3.63, 3.8) is 0 Å². The Bertz CT molecular complexity index is 2300. The quantitative estimate of drug-likeness (QED) is 0.238. The lowest BCUT2D eigenvalue weighted by atomic mass is 10.0. The van der Waals surface area contributed by atoms with Crippen LogP contribution in [-0.2, 0) is 14.4 Å². The molecule has 1 aromatic heterocycles. The van der Waals surface area contributed by atoms with Gasteiger partial charge in [-0.25, -0.2) is 9.37 Å². The topological polar surface area (TPSA) is 196 Å². The molecule has 1 atom stereocenters. The van der Waals surface area contributed by atoms with E-state index < -0.39 is 59.8 Å². The molecule has 20 heteroatoms. The minimum absolute atomic E-state index is 0.0263. The maximum absolute atomic E-state index is 15.6. The van der Waals surface area contributed by atoms with E-state index in [0.29, 0.717) is 51.1 Å². The van der Waals surface area contributed by atoms with E-state index in [4.69, 9.17) is 9.47 Å². The summed E-state index contributed by atoms with van der Waals surface area (Å²) in [6, 6.07) is 5.33. The summed E-state index contributed by atoms with van der Waals surface area (Å²) in [4.78, 5) is 90.2. The number of carbonyl (C=O) groups excluding carboxylic acids is 6. The molecule has 0 bridgehead atoms. The van der Waals surface area contributed by atoms with Crippen molar-refractivity contribution in [3.05, 3.63) is 59.0 Å². The Morgan fingerprint density at radius 2 is 1.72 bits per heavy atom. The van der Waals surface area contributed by atoms with E-state index in [-0.39, 0.29) is 77.1 Å². The Hall–Kier alpha value is -6.31. The second-order valence-corrected chi connectivity index (χ2v) is 15.8. The van der Waals surface area contributed by atoms with Crippen molar-refractivity contribution in [3.8, 4) is 11.5 Å². The van der Waals surface area contributed by atoms with Gasteiger partial charge < -0.3 is 29.9 Å². The Morgan fingerprint density at radius 1 is 0.984 bits per heavy atom. The fraction of sp³-hybridized carbons (Fsp3) is 0.463. The predicted octanol–water partition coefficient (Wildman–Crippen LogP) is 3.40. The first-order valence-corrected chi connectivity index (χ1v) is 20.2. The van der Waals surface area contributed by atoms with Crippen molar-refractivity contribution >= 4 is 58.6 Å². The van der Waals surface area contributed by atoms with Crippen LogP contribution in [0.4, 0.5) is 36.3 Å². The molecule has 0 spiro atoms. The smallest absolute Gasteiger partial charge is 0.342 e. The number of methoxy groups -OCH3 is 1. The molecule has 17 nitrogen and oxygen atoms in total. The van der Waals surface area contributed by atoms with Crippen molar-refractivity contribution < 1.29 is 51.4 Å². The summed E-state index contributed by atoms with van der Waals surface area (Å²) in [5, 5.41) is 7.98. The summed E-state index contributed by atoms with van der Waals surface area (Å²) >= 11 is 0. The summed E-state index contributed by atoms with van der Waals surface area (Å²) in [5.74, 6) is -8.24. The number of piperidine rings is 2. The van der Waals surface area contributed by atoms with Gasteiger partial charge in [0, 0.05) is 51.3 Å². The molecule has 322 valence electrons. The maximum Gasteiger partial charge on any atom is 0.342 e. The highest BCUT2D eigenvalue weighted by atomic mass is 19.3. The molecule has 5 aliphatic rings. The monoisotopic (exact) mass is 847 g/mol. The van der Waals surface area contributed by atoms with E-state index in [1.54, 1.807) is 6.07 Å². The predicted molar refractivity (Wildman–Crippen MR) is 212 cm³/mol. The number of benzene rings is 2. The fourth-order valence-corrected chi connectivity index (χ4v) is 8.61. The average molecular weight is 848 g/mol. The second kappa shape index (κ2) is 16.6. The van der Waals surface area contributed by atoms with Crippen molar-refractivity contribution in [1.82, 2.24) is 30.4 Å². The Morgan fingerprint density at radius 3 is 2.44 bits per heavy atom. The lowest BCUT2D eigenvalue weighted by molar-refractivity contribution is -0.140. The van der Waals surface area contributed by atoms with Crippen LogP contribution in [0, 0.1) is 5.82 Å². The zero-order chi connectivity index (χ0) is 43.2. The number of nitrogens with zero attached hydrogens (tertiary/aromatic N) is 6. The summed E-state index contributed by atoms with van der Waals surface area (Å²) in [7, 11) is 2.60. The highest BCUT2D eigenvalue weighted by Crippen LogP contribution is 2.40. The van der Waals surface area contributed by atoms with Gasteiger partial charge in [0.05, 0.1) is 42.2 Å². The van der Waals surface area contributed by atoms with E-state index in [0.717, 1.165) is 28.7 Å². The number of aromatic nitrogens is 2. The summed E-state index contributed by atoms with van der Waals surface area (Å²) in [5.41, 5.74) is 0.256. The third-order valence-electron chi connectivity index (χ3n) is 11.9. The molecule has 2 saturated heterocycles. The zero-order valence-electron chi connectivity index (χ0n) is 33.5. The molecule has 3 aromatic rings. The summed E-state index contributed by atoms with van der Waals surface area (Å²) < 4.78 is 57.1. The molecule has 2 aromatic carbocycles. The first-order chi connectivity index (χ1) is 29.2. The zero-order valence-corrected chi connectivity index (χ0v) is 33.5. The molecule has 8 rings (SSSR count). The summed E-state index contributed by atoms with van der Waals surface area (Å²) in [6.45, 7) is 1.19. The van der Waals surface area contributed by atoms with Crippen LogP contribution < -0.4 is 35.2 Å². The number of fused-ring (bicyclic) bond motifs is 2. The normalized spacial score (nSPS) is 21.0. The van der Waals surface area contributed by atoms with Gasteiger partial charge in [0.25, 0.3) is 23.6 Å². The number of nitrogens with one attached hydrogen (secondary N) is 3. The van der Waals surface area contributed by atoms with E-state index in [2.05, 4.69) is 30.8 Å². The van der Waals surface area contributed by atoms with Gasteiger partial charge in [-0.1, -0.05) is 12.8 Å². The van der Waals surface area contributed by atoms with Crippen LogP contribution in [0.3, 0.4) is 0 Å². The molecule has 61 heavy (non-hydrogen) atoms. The Labute approximate surface area is 347 Å².